The average Bonchev–Trinajstić information content (AvgIpc) is 3.10. The van der Waals surface area contributed by atoms with Crippen LogP contribution in [0.15, 0.2) is 72.8 Å². The van der Waals surface area contributed by atoms with Gasteiger partial charge >= 0.3 is 0 Å². The van der Waals surface area contributed by atoms with Gasteiger partial charge in [-0.15, -0.1) is 0 Å². The molecule has 3 aromatic rings. The van der Waals surface area contributed by atoms with Gasteiger partial charge in [-0.3, -0.25) is 14.5 Å². The molecule has 0 atom stereocenters. The number of amides is 2. The predicted molar refractivity (Wildman–Crippen MR) is 167 cm³/mol. The molecule has 212 valence electrons. The van der Waals surface area contributed by atoms with Crippen LogP contribution >= 0.6 is 0 Å². The fraction of sp³-hybridized carbons (Fsp3) is 0.429. The largest absolute Gasteiger partial charge is 0.320 e. The predicted octanol–water partition coefficient (Wildman–Crippen LogP) is 8.16. The molecule has 0 aliphatic carbocycles. The summed E-state index contributed by atoms with van der Waals surface area (Å²) >= 11 is 0. The molecule has 0 bridgehead atoms. The number of unbranched alkanes of at least 4 members (excludes halogenated alkanes) is 7. The van der Waals surface area contributed by atoms with E-state index < -0.39 is 0 Å². The highest BCUT2D eigenvalue weighted by Crippen LogP contribution is 2.38. The number of para-hydroxylation sites is 3. The second kappa shape index (κ2) is 15.4. The lowest BCUT2D eigenvalue weighted by Crippen LogP contribution is -2.28. The molecule has 0 unspecified atom stereocenters. The Morgan fingerprint density at radius 2 is 1.27 bits per heavy atom. The maximum Gasteiger partial charge on any atom is 0.257 e. The zero-order valence-electron chi connectivity index (χ0n) is 24.3. The van der Waals surface area contributed by atoms with Crippen LogP contribution in [-0.4, -0.2) is 36.3 Å². The van der Waals surface area contributed by atoms with Crippen LogP contribution in [0.1, 0.15) is 86.7 Å². The number of carbonyl (C=O) groups is 2. The van der Waals surface area contributed by atoms with Gasteiger partial charge in [-0.05, 0) is 74.3 Å². The van der Waals surface area contributed by atoms with Crippen molar-refractivity contribution in [2.45, 2.75) is 78.1 Å². The summed E-state index contributed by atoms with van der Waals surface area (Å²) in [7, 11) is 0. The van der Waals surface area contributed by atoms with Crippen LogP contribution in [0.3, 0.4) is 0 Å². The smallest absolute Gasteiger partial charge is 0.257 e. The monoisotopic (exact) mass is 539 g/mol. The number of hydrogen-bond acceptors (Lipinski definition) is 3. The van der Waals surface area contributed by atoms with E-state index >= 15 is 0 Å². The zero-order chi connectivity index (χ0) is 28.2. The lowest BCUT2D eigenvalue weighted by Gasteiger charge is -2.24. The van der Waals surface area contributed by atoms with Gasteiger partial charge in [0.2, 0.25) is 5.91 Å². The molecule has 1 N–H and O–H groups in total. The first-order chi connectivity index (χ1) is 19.6. The summed E-state index contributed by atoms with van der Waals surface area (Å²) in [5, 5.41) is 2.95. The van der Waals surface area contributed by atoms with Gasteiger partial charge in [-0.25, -0.2) is 0 Å². The van der Waals surface area contributed by atoms with Crippen molar-refractivity contribution in [3.63, 3.8) is 0 Å². The molecule has 3 aromatic carbocycles. The van der Waals surface area contributed by atoms with Crippen molar-refractivity contribution in [1.82, 2.24) is 4.90 Å². The van der Waals surface area contributed by atoms with E-state index in [4.69, 9.17) is 0 Å². The van der Waals surface area contributed by atoms with Gasteiger partial charge in [0, 0.05) is 0 Å². The molecule has 0 saturated carbocycles. The first kappa shape index (κ1) is 29.5. The maximum absolute atomic E-state index is 13.6. The number of anilines is 3. The van der Waals surface area contributed by atoms with E-state index in [0.717, 1.165) is 12.0 Å². The third-order valence-electron chi connectivity index (χ3n) is 7.99. The topological polar surface area (TPSA) is 52.7 Å². The van der Waals surface area contributed by atoms with Gasteiger partial charge in [0.05, 0.1) is 29.0 Å². The second-order valence-electron chi connectivity index (χ2n) is 10.8. The average molecular weight is 540 g/mol. The molecule has 4 rings (SSSR count). The molecule has 2 amide bonds. The fourth-order valence-corrected chi connectivity index (χ4v) is 5.57. The molecule has 0 radical (unpaired) electrons. The summed E-state index contributed by atoms with van der Waals surface area (Å²) in [5.41, 5.74) is 4.76. The molecular weight excluding hydrogens is 494 g/mol. The number of benzene rings is 3. The molecule has 5 nitrogen and oxygen atoms in total. The number of hydrogen-bond donors (Lipinski definition) is 1. The standard InChI is InChI=1S/C35H45N3O2/c1-3-37(4-2)26-16-10-8-6-5-7-9-11-17-28-22-24-29(25-23-28)27-34(39)38-32-20-14-12-18-30(32)35(40)36-31-19-13-15-21-33(31)38/h12-15,18-25H,3-11,16-17,26-27H2,1-2H3,(H,36,40). The Morgan fingerprint density at radius 1 is 0.700 bits per heavy atom. The minimum Gasteiger partial charge on any atom is -0.320 e. The van der Waals surface area contributed by atoms with Gasteiger partial charge < -0.3 is 10.2 Å². The number of aryl methyl sites for hydroxylation is 1. The van der Waals surface area contributed by atoms with Gasteiger partial charge in [-0.2, -0.15) is 0 Å². The Bertz CT molecular complexity index is 1230. The molecular formula is C35H45N3O2. The Labute approximate surface area is 240 Å². The molecule has 0 spiro atoms. The van der Waals surface area contributed by atoms with E-state index in [1.165, 1.54) is 76.6 Å². The summed E-state index contributed by atoms with van der Waals surface area (Å²) in [5.74, 6) is -0.259. The first-order valence-corrected chi connectivity index (χ1v) is 15.2. The lowest BCUT2D eigenvalue weighted by atomic mass is 10.0. The summed E-state index contributed by atoms with van der Waals surface area (Å²) in [6.07, 6.45) is 11.9. The number of carbonyl (C=O) groups excluding carboxylic acids is 2. The summed E-state index contributed by atoms with van der Waals surface area (Å²) in [4.78, 5) is 30.6. The number of nitrogens with one attached hydrogen (secondary N) is 1. The van der Waals surface area contributed by atoms with E-state index in [2.05, 4.69) is 48.3 Å². The third kappa shape index (κ3) is 8.04. The normalized spacial score (nSPS) is 12.6. The van der Waals surface area contributed by atoms with Gasteiger partial charge in [0.1, 0.15) is 0 Å². The first-order valence-electron chi connectivity index (χ1n) is 15.2. The lowest BCUT2D eigenvalue weighted by molar-refractivity contribution is -0.117. The Morgan fingerprint density at radius 3 is 1.98 bits per heavy atom. The molecule has 0 aromatic heterocycles. The van der Waals surface area contributed by atoms with E-state index in [1.54, 1.807) is 11.0 Å². The fourth-order valence-electron chi connectivity index (χ4n) is 5.57. The Kier molecular flexibility index (Phi) is 11.4. The van der Waals surface area contributed by atoms with Crippen LogP contribution in [0.5, 0.6) is 0 Å². The SMILES string of the molecule is CCN(CC)CCCCCCCCCCc1ccc(CC(=O)N2c3ccccc3NC(=O)c3ccccc32)cc1. The molecule has 1 heterocycles. The second-order valence-corrected chi connectivity index (χ2v) is 10.8. The van der Waals surface area contributed by atoms with Crippen LogP contribution in [0.25, 0.3) is 0 Å². The molecule has 1 aliphatic heterocycles. The number of fused-ring (bicyclic) bond motifs is 2. The summed E-state index contributed by atoms with van der Waals surface area (Å²) in [6, 6.07) is 23.2. The van der Waals surface area contributed by atoms with Crippen molar-refractivity contribution in [3.05, 3.63) is 89.5 Å². The van der Waals surface area contributed by atoms with Crippen LogP contribution < -0.4 is 10.2 Å². The molecule has 0 saturated heterocycles. The Hall–Kier alpha value is -3.44. The van der Waals surface area contributed by atoms with Crippen molar-refractivity contribution in [2.75, 3.05) is 29.9 Å². The van der Waals surface area contributed by atoms with Crippen molar-refractivity contribution in [2.24, 2.45) is 0 Å². The highest BCUT2D eigenvalue weighted by atomic mass is 16.2. The van der Waals surface area contributed by atoms with Crippen molar-refractivity contribution in [3.8, 4) is 0 Å². The van der Waals surface area contributed by atoms with Crippen LogP contribution in [0, 0.1) is 0 Å². The van der Waals surface area contributed by atoms with Gasteiger partial charge in [0.25, 0.3) is 5.91 Å². The molecule has 40 heavy (non-hydrogen) atoms. The van der Waals surface area contributed by atoms with Crippen LogP contribution in [0.4, 0.5) is 17.1 Å². The zero-order valence-corrected chi connectivity index (χ0v) is 24.3. The third-order valence-corrected chi connectivity index (χ3v) is 7.99. The van der Waals surface area contributed by atoms with Crippen LogP contribution in [0.2, 0.25) is 0 Å². The highest BCUT2D eigenvalue weighted by Gasteiger charge is 2.28. The minimum atomic E-state index is -0.200. The number of nitrogens with zero attached hydrogens (tertiary/aromatic N) is 2. The van der Waals surface area contributed by atoms with Gasteiger partial charge in [0.15, 0.2) is 0 Å². The molecule has 5 heteroatoms. The van der Waals surface area contributed by atoms with E-state index in [9.17, 15) is 9.59 Å². The van der Waals surface area contributed by atoms with Gasteiger partial charge in [-0.1, -0.05) is 101 Å². The highest BCUT2D eigenvalue weighted by molar-refractivity contribution is 6.17. The molecule has 1 aliphatic rings. The van der Waals surface area contributed by atoms with E-state index in [0.29, 0.717) is 22.6 Å². The quantitative estimate of drug-likeness (QED) is 0.198. The van der Waals surface area contributed by atoms with E-state index in [1.807, 2.05) is 42.5 Å². The summed E-state index contributed by atoms with van der Waals surface area (Å²) in [6.45, 7) is 8.08. The molecule has 0 fully saturated rings. The minimum absolute atomic E-state index is 0.0581. The Balaban J connectivity index is 1.23. The van der Waals surface area contributed by atoms with E-state index in [-0.39, 0.29) is 18.2 Å². The van der Waals surface area contributed by atoms with Crippen LogP contribution in [-0.2, 0) is 17.6 Å². The van der Waals surface area contributed by atoms with Crippen molar-refractivity contribution in [1.29, 1.82) is 0 Å². The maximum atomic E-state index is 13.6. The number of rotatable bonds is 15. The van der Waals surface area contributed by atoms with Crippen molar-refractivity contribution < 1.29 is 9.59 Å². The van der Waals surface area contributed by atoms with Crippen molar-refractivity contribution >= 4 is 28.9 Å². The summed E-state index contributed by atoms with van der Waals surface area (Å²) < 4.78 is 0.